The van der Waals surface area contributed by atoms with Gasteiger partial charge in [-0.2, -0.15) is 0 Å². The number of nitro groups is 1. The topological polar surface area (TPSA) is 89.8 Å². The SMILES string of the molecule is O=C1c2ccccc2C(=O)N1CCCCCOc1ccccc1[N+](=O)[O-]. The lowest BCUT2D eigenvalue weighted by atomic mass is 10.1. The normalized spacial score (nSPS) is 13.0. The number of carbonyl (C=O) groups is 2. The van der Waals surface area contributed by atoms with Crippen molar-refractivity contribution in [2.45, 2.75) is 19.3 Å². The maximum Gasteiger partial charge on any atom is 0.310 e. The number of rotatable bonds is 8. The fraction of sp³-hybridized carbons (Fsp3) is 0.263. The molecular formula is C19H18N2O5. The lowest BCUT2D eigenvalue weighted by molar-refractivity contribution is -0.385. The number of carbonyl (C=O) groups excluding carboxylic acids is 2. The number of para-hydroxylation sites is 2. The van der Waals surface area contributed by atoms with Crippen LogP contribution < -0.4 is 4.74 Å². The predicted molar refractivity (Wildman–Crippen MR) is 94.3 cm³/mol. The van der Waals surface area contributed by atoms with Crippen LogP contribution in [0, 0.1) is 10.1 Å². The van der Waals surface area contributed by atoms with E-state index in [2.05, 4.69) is 0 Å². The number of hydrogen-bond acceptors (Lipinski definition) is 5. The van der Waals surface area contributed by atoms with Crippen LogP contribution >= 0.6 is 0 Å². The highest BCUT2D eigenvalue weighted by Gasteiger charge is 2.34. The quantitative estimate of drug-likeness (QED) is 0.313. The van der Waals surface area contributed by atoms with Gasteiger partial charge in [-0.3, -0.25) is 24.6 Å². The first-order chi connectivity index (χ1) is 12.6. The highest BCUT2D eigenvalue weighted by atomic mass is 16.6. The summed E-state index contributed by atoms with van der Waals surface area (Å²) in [7, 11) is 0. The molecule has 2 aromatic carbocycles. The van der Waals surface area contributed by atoms with Crippen molar-refractivity contribution in [2.24, 2.45) is 0 Å². The third-order valence-electron chi connectivity index (χ3n) is 4.22. The number of amides is 2. The fourth-order valence-electron chi connectivity index (χ4n) is 2.90. The number of nitro benzene ring substituents is 1. The molecule has 3 rings (SSSR count). The van der Waals surface area contributed by atoms with E-state index in [-0.39, 0.29) is 23.3 Å². The van der Waals surface area contributed by atoms with E-state index >= 15 is 0 Å². The maximum atomic E-state index is 12.2. The van der Waals surface area contributed by atoms with Gasteiger partial charge >= 0.3 is 5.69 Å². The van der Waals surface area contributed by atoms with Crippen LogP contribution in [-0.4, -0.2) is 34.8 Å². The fourth-order valence-corrected chi connectivity index (χ4v) is 2.90. The molecule has 0 aromatic heterocycles. The van der Waals surface area contributed by atoms with Gasteiger partial charge in [0.05, 0.1) is 22.7 Å². The van der Waals surface area contributed by atoms with E-state index in [4.69, 9.17) is 4.74 Å². The first-order valence-corrected chi connectivity index (χ1v) is 8.41. The Hall–Kier alpha value is -3.22. The van der Waals surface area contributed by atoms with Crippen molar-refractivity contribution in [3.8, 4) is 5.75 Å². The van der Waals surface area contributed by atoms with E-state index in [9.17, 15) is 19.7 Å². The summed E-state index contributed by atoms with van der Waals surface area (Å²) in [5.41, 5.74) is 0.855. The smallest absolute Gasteiger partial charge is 0.310 e. The Balaban J connectivity index is 1.43. The molecule has 0 fully saturated rings. The Labute approximate surface area is 150 Å². The van der Waals surface area contributed by atoms with Crippen molar-refractivity contribution in [1.29, 1.82) is 0 Å². The first-order valence-electron chi connectivity index (χ1n) is 8.41. The van der Waals surface area contributed by atoms with Gasteiger partial charge in [-0.25, -0.2) is 0 Å². The van der Waals surface area contributed by atoms with Gasteiger partial charge in [0.25, 0.3) is 11.8 Å². The van der Waals surface area contributed by atoms with Gasteiger partial charge in [-0.15, -0.1) is 0 Å². The standard InChI is InChI=1S/C19H18N2O5/c22-18-14-8-2-3-9-15(14)19(23)20(18)12-6-1-7-13-26-17-11-5-4-10-16(17)21(24)25/h2-5,8-11H,1,6-7,12-13H2. The van der Waals surface area contributed by atoms with E-state index in [1.165, 1.54) is 11.0 Å². The number of hydrogen-bond donors (Lipinski definition) is 0. The molecule has 7 nitrogen and oxygen atoms in total. The van der Waals surface area contributed by atoms with Gasteiger partial charge in [0.15, 0.2) is 5.75 Å². The zero-order valence-corrected chi connectivity index (χ0v) is 14.1. The molecule has 134 valence electrons. The second-order valence-corrected chi connectivity index (χ2v) is 5.94. The number of imide groups is 1. The molecule has 1 heterocycles. The summed E-state index contributed by atoms with van der Waals surface area (Å²) >= 11 is 0. The summed E-state index contributed by atoms with van der Waals surface area (Å²) in [6.45, 7) is 0.699. The summed E-state index contributed by atoms with van der Waals surface area (Å²) in [5.74, 6) is -0.249. The van der Waals surface area contributed by atoms with Crippen molar-refractivity contribution in [3.05, 3.63) is 69.8 Å². The molecule has 2 amide bonds. The lowest BCUT2D eigenvalue weighted by Gasteiger charge is -2.13. The van der Waals surface area contributed by atoms with E-state index in [1.807, 2.05) is 0 Å². The molecule has 0 N–H and O–H groups in total. The molecule has 0 aliphatic carbocycles. The summed E-state index contributed by atoms with van der Waals surface area (Å²) in [4.78, 5) is 36.2. The highest BCUT2D eigenvalue weighted by Crippen LogP contribution is 2.26. The van der Waals surface area contributed by atoms with Crippen molar-refractivity contribution < 1.29 is 19.2 Å². The molecule has 0 bridgehead atoms. The predicted octanol–water partition coefficient (Wildman–Crippen LogP) is 3.44. The summed E-state index contributed by atoms with van der Waals surface area (Å²) in [5, 5.41) is 10.9. The van der Waals surface area contributed by atoms with E-state index in [0.717, 1.165) is 6.42 Å². The molecular weight excluding hydrogens is 336 g/mol. The molecule has 0 atom stereocenters. The minimum Gasteiger partial charge on any atom is -0.487 e. The number of ether oxygens (including phenoxy) is 1. The zero-order valence-electron chi connectivity index (χ0n) is 14.1. The van der Waals surface area contributed by atoms with Gasteiger partial charge in [0.2, 0.25) is 0 Å². The van der Waals surface area contributed by atoms with Gasteiger partial charge in [-0.05, 0) is 37.5 Å². The molecule has 0 radical (unpaired) electrons. The molecule has 26 heavy (non-hydrogen) atoms. The number of fused-ring (bicyclic) bond motifs is 1. The number of unbranched alkanes of at least 4 members (excludes halogenated alkanes) is 2. The van der Waals surface area contributed by atoms with Gasteiger partial charge < -0.3 is 4.74 Å². The van der Waals surface area contributed by atoms with Gasteiger partial charge in [0, 0.05) is 12.6 Å². The number of benzene rings is 2. The average molecular weight is 354 g/mol. The van der Waals surface area contributed by atoms with E-state index < -0.39 is 4.92 Å². The maximum absolute atomic E-state index is 12.2. The molecule has 0 saturated heterocycles. The molecule has 0 saturated carbocycles. The van der Waals surface area contributed by atoms with Crippen molar-refractivity contribution in [2.75, 3.05) is 13.2 Å². The third kappa shape index (κ3) is 3.56. The minimum absolute atomic E-state index is 0.0569. The van der Waals surface area contributed by atoms with Crippen molar-refractivity contribution in [1.82, 2.24) is 4.90 Å². The Bertz CT molecular complexity index is 814. The van der Waals surface area contributed by atoms with Crippen LogP contribution in [0.2, 0.25) is 0 Å². The second kappa shape index (κ2) is 7.77. The van der Waals surface area contributed by atoms with Crippen LogP contribution in [0.3, 0.4) is 0 Å². The molecule has 2 aromatic rings. The zero-order chi connectivity index (χ0) is 18.5. The van der Waals surface area contributed by atoms with Crippen LogP contribution in [0.5, 0.6) is 5.75 Å². The van der Waals surface area contributed by atoms with E-state index in [0.29, 0.717) is 37.1 Å². The highest BCUT2D eigenvalue weighted by molar-refractivity contribution is 6.21. The Morgan fingerprint density at radius 2 is 1.50 bits per heavy atom. The molecule has 1 aliphatic heterocycles. The second-order valence-electron chi connectivity index (χ2n) is 5.94. The number of nitrogens with zero attached hydrogens (tertiary/aromatic N) is 2. The monoisotopic (exact) mass is 354 g/mol. The molecule has 1 aliphatic rings. The van der Waals surface area contributed by atoms with E-state index in [1.54, 1.807) is 42.5 Å². The third-order valence-corrected chi connectivity index (χ3v) is 4.22. The first kappa shape index (κ1) is 17.6. The molecule has 7 heteroatoms. The largest absolute Gasteiger partial charge is 0.487 e. The van der Waals surface area contributed by atoms with Crippen molar-refractivity contribution in [3.63, 3.8) is 0 Å². The summed E-state index contributed by atoms with van der Waals surface area (Å²) in [6, 6.07) is 13.1. The van der Waals surface area contributed by atoms with Crippen LogP contribution in [0.1, 0.15) is 40.0 Å². The Morgan fingerprint density at radius 3 is 2.15 bits per heavy atom. The van der Waals surface area contributed by atoms with Gasteiger partial charge in [-0.1, -0.05) is 24.3 Å². The molecule has 0 unspecified atom stereocenters. The summed E-state index contributed by atoms with van der Waals surface area (Å²) < 4.78 is 5.47. The average Bonchev–Trinajstić information content (AvgIpc) is 2.89. The van der Waals surface area contributed by atoms with Crippen LogP contribution in [-0.2, 0) is 0 Å². The molecule has 0 spiro atoms. The summed E-state index contributed by atoms with van der Waals surface area (Å²) in [6.07, 6.45) is 2.08. The Morgan fingerprint density at radius 1 is 0.885 bits per heavy atom. The van der Waals surface area contributed by atoms with Crippen LogP contribution in [0.25, 0.3) is 0 Å². The van der Waals surface area contributed by atoms with Crippen LogP contribution in [0.4, 0.5) is 5.69 Å². The van der Waals surface area contributed by atoms with Crippen LogP contribution in [0.15, 0.2) is 48.5 Å². The Kier molecular flexibility index (Phi) is 5.26. The van der Waals surface area contributed by atoms with Crippen molar-refractivity contribution >= 4 is 17.5 Å². The van der Waals surface area contributed by atoms with Gasteiger partial charge in [0.1, 0.15) is 0 Å². The minimum atomic E-state index is -0.475. The lowest BCUT2D eigenvalue weighted by Crippen LogP contribution is -2.30.